The average molecular weight is 796 g/mol. The molecule has 2 aliphatic carbocycles. The van der Waals surface area contributed by atoms with E-state index >= 15 is 0 Å². The van der Waals surface area contributed by atoms with Gasteiger partial charge in [0.1, 0.15) is 11.2 Å². The molecule has 0 atom stereocenters. The van der Waals surface area contributed by atoms with Gasteiger partial charge in [-0.05, 0) is 109 Å². The molecule has 12 rings (SSSR count). The van der Waals surface area contributed by atoms with Crippen LogP contribution < -0.4 is 4.90 Å². The van der Waals surface area contributed by atoms with Crippen LogP contribution in [0.15, 0.2) is 205 Å². The third-order valence-corrected chi connectivity index (χ3v) is 13.9. The second-order valence-electron chi connectivity index (χ2n) is 18.0. The predicted molar refractivity (Wildman–Crippen MR) is 260 cm³/mol. The number of para-hydroxylation sites is 3. The van der Waals surface area contributed by atoms with E-state index in [1.165, 1.54) is 66.8 Å². The van der Waals surface area contributed by atoms with Crippen molar-refractivity contribution >= 4 is 39.0 Å². The van der Waals surface area contributed by atoms with E-state index in [9.17, 15) is 0 Å². The first-order chi connectivity index (χ1) is 30.3. The zero-order chi connectivity index (χ0) is 41.7. The van der Waals surface area contributed by atoms with Crippen molar-refractivity contribution in [3.8, 4) is 55.6 Å². The third kappa shape index (κ3) is 5.29. The minimum atomic E-state index is -0.111. The average Bonchev–Trinajstić information content (AvgIpc) is 3.89. The fraction of sp³-hybridized carbons (Fsp3) is 0.100. The molecular weight excluding hydrogens is 751 g/mol. The lowest BCUT2D eigenvalue weighted by Gasteiger charge is -2.30. The van der Waals surface area contributed by atoms with Gasteiger partial charge in [-0.2, -0.15) is 0 Å². The van der Waals surface area contributed by atoms with Crippen LogP contribution in [0, 0.1) is 0 Å². The number of anilines is 3. The van der Waals surface area contributed by atoms with Gasteiger partial charge in [-0.1, -0.05) is 185 Å². The molecule has 2 aliphatic rings. The zero-order valence-corrected chi connectivity index (χ0v) is 35.4. The molecule has 0 saturated carbocycles. The smallest absolute Gasteiger partial charge is 0.136 e. The van der Waals surface area contributed by atoms with Gasteiger partial charge in [0, 0.05) is 38.4 Å². The number of rotatable bonds is 6. The summed E-state index contributed by atoms with van der Waals surface area (Å²) in [6, 6.07) is 73.6. The molecular formula is C60H45NO. The Morgan fingerprint density at radius 1 is 0.355 bits per heavy atom. The van der Waals surface area contributed by atoms with Gasteiger partial charge in [0.25, 0.3) is 0 Å². The van der Waals surface area contributed by atoms with E-state index in [2.05, 4.69) is 227 Å². The topological polar surface area (TPSA) is 16.4 Å². The molecule has 2 heteroatoms. The Labute approximate surface area is 363 Å². The molecule has 0 radical (unpaired) electrons. The molecule has 0 saturated heterocycles. The zero-order valence-electron chi connectivity index (χ0n) is 35.4. The Kier molecular flexibility index (Phi) is 7.96. The largest absolute Gasteiger partial charge is 0.456 e. The molecule has 0 aliphatic heterocycles. The molecule has 0 spiro atoms. The van der Waals surface area contributed by atoms with Crippen LogP contribution >= 0.6 is 0 Å². The highest BCUT2D eigenvalue weighted by molar-refractivity contribution is 6.14. The molecule has 2 nitrogen and oxygen atoms in total. The Hall–Kier alpha value is -7.42. The van der Waals surface area contributed by atoms with Crippen molar-refractivity contribution in [2.45, 2.75) is 38.5 Å². The SMILES string of the molecule is CC1(C)c2ccccc2-c2ccc(-c3ccc(N(c4ccccc4-c4cccc5c4-c4ccccc4C5(C)C)c4ccccc4-c4cccc5oc6ccccc6c45)cc3)cc21. The first-order valence-corrected chi connectivity index (χ1v) is 21.8. The number of furan rings is 1. The molecule has 296 valence electrons. The fourth-order valence-electron chi connectivity index (χ4n) is 10.9. The van der Waals surface area contributed by atoms with Crippen molar-refractivity contribution in [1.82, 2.24) is 0 Å². The molecule has 0 fully saturated rings. The van der Waals surface area contributed by atoms with Crippen LogP contribution in [0.1, 0.15) is 49.9 Å². The molecule has 10 aromatic rings. The Bertz CT molecular complexity index is 3420. The van der Waals surface area contributed by atoms with E-state index in [0.29, 0.717) is 0 Å². The van der Waals surface area contributed by atoms with Gasteiger partial charge >= 0.3 is 0 Å². The van der Waals surface area contributed by atoms with Crippen LogP contribution in [0.3, 0.4) is 0 Å². The fourth-order valence-corrected chi connectivity index (χ4v) is 10.9. The molecule has 62 heavy (non-hydrogen) atoms. The van der Waals surface area contributed by atoms with Crippen molar-refractivity contribution in [2.24, 2.45) is 0 Å². The number of benzene rings is 9. The molecule has 0 amide bonds. The minimum Gasteiger partial charge on any atom is -0.456 e. The first kappa shape index (κ1) is 36.4. The van der Waals surface area contributed by atoms with Crippen molar-refractivity contribution in [1.29, 1.82) is 0 Å². The third-order valence-electron chi connectivity index (χ3n) is 13.9. The van der Waals surface area contributed by atoms with Crippen LogP contribution in [-0.2, 0) is 10.8 Å². The highest BCUT2D eigenvalue weighted by atomic mass is 16.3. The van der Waals surface area contributed by atoms with Crippen LogP contribution in [0.25, 0.3) is 77.6 Å². The van der Waals surface area contributed by atoms with Crippen molar-refractivity contribution in [3.63, 3.8) is 0 Å². The second-order valence-corrected chi connectivity index (χ2v) is 18.0. The Morgan fingerprint density at radius 3 is 1.61 bits per heavy atom. The number of hydrogen-bond donors (Lipinski definition) is 0. The standard InChI is InChI=1S/C60H45NO/c1-59(2)50-25-11-6-20-47(50)57-45(22-15-26-51(57)59)43-18-7-12-27-53(43)61(54-28-13-8-19-44(54)46-23-16-30-56-58(46)48-21-9-14-29-55(48)62-56)40-34-31-38(32-35-40)39-33-36-42-41-17-5-10-24-49(41)60(3,4)52(42)37-39/h5-37H,1-4H3. The van der Waals surface area contributed by atoms with Gasteiger partial charge in [-0.25, -0.2) is 0 Å². The van der Waals surface area contributed by atoms with Crippen LogP contribution in [0.5, 0.6) is 0 Å². The highest BCUT2D eigenvalue weighted by Crippen LogP contribution is 2.55. The quantitative estimate of drug-likeness (QED) is 0.167. The maximum atomic E-state index is 6.45. The van der Waals surface area contributed by atoms with Gasteiger partial charge in [-0.3, -0.25) is 0 Å². The van der Waals surface area contributed by atoms with Crippen LogP contribution in [0.2, 0.25) is 0 Å². The first-order valence-electron chi connectivity index (χ1n) is 21.8. The second kappa shape index (κ2) is 13.5. The summed E-state index contributed by atoms with van der Waals surface area (Å²) in [5.74, 6) is 0. The van der Waals surface area contributed by atoms with E-state index in [1.54, 1.807) is 0 Å². The molecule has 0 N–H and O–H groups in total. The summed E-state index contributed by atoms with van der Waals surface area (Å²) < 4.78 is 6.45. The van der Waals surface area contributed by atoms with Crippen molar-refractivity contribution < 1.29 is 4.42 Å². The van der Waals surface area contributed by atoms with Crippen LogP contribution in [-0.4, -0.2) is 0 Å². The molecule has 0 bridgehead atoms. The van der Waals surface area contributed by atoms with Gasteiger partial charge in [0.2, 0.25) is 0 Å². The van der Waals surface area contributed by atoms with Crippen LogP contribution in [0.4, 0.5) is 17.1 Å². The summed E-state index contributed by atoms with van der Waals surface area (Å²) in [6.45, 7) is 9.43. The van der Waals surface area contributed by atoms with E-state index in [1.807, 2.05) is 6.07 Å². The highest BCUT2D eigenvalue weighted by Gasteiger charge is 2.38. The summed E-state index contributed by atoms with van der Waals surface area (Å²) in [5.41, 5.74) is 22.8. The summed E-state index contributed by atoms with van der Waals surface area (Å²) in [5, 5.41) is 2.24. The lowest BCUT2D eigenvalue weighted by atomic mass is 9.81. The maximum Gasteiger partial charge on any atom is 0.136 e. The van der Waals surface area contributed by atoms with Gasteiger partial charge < -0.3 is 9.32 Å². The van der Waals surface area contributed by atoms with E-state index in [0.717, 1.165) is 50.1 Å². The normalized spacial score (nSPS) is 14.1. The predicted octanol–water partition coefficient (Wildman–Crippen LogP) is 16.7. The van der Waals surface area contributed by atoms with Gasteiger partial charge in [0.05, 0.1) is 11.4 Å². The molecule has 1 heterocycles. The number of nitrogens with zero attached hydrogens (tertiary/aromatic N) is 1. The Balaban J connectivity index is 1.06. The van der Waals surface area contributed by atoms with Gasteiger partial charge in [-0.15, -0.1) is 0 Å². The molecule has 1 aromatic heterocycles. The monoisotopic (exact) mass is 795 g/mol. The maximum absolute atomic E-state index is 6.45. The number of hydrogen-bond acceptors (Lipinski definition) is 2. The lowest BCUT2D eigenvalue weighted by Crippen LogP contribution is -2.15. The summed E-state index contributed by atoms with van der Waals surface area (Å²) >= 11 is 0. The minimum absolute atomic E-state index is 0.0669. The summed E-state index contributed by atoms with van der Waals surface area (Å²) in [4.78, 5) is 2.48. The van der Waals surface area contributed by atoms with Gasteiger partial charge in [0.15, 0.2) is 0 Å². The van der Waals surface area contributed by atoms with E-state index < -0.39 is 0 Å². The molecule has 9 aromatic carbocycles. The summed E-state index contributed by atoms with van der Waals surface area (Å²) in [7, 11) is 0. The lowest BCUT2D eigenvalue weighted by molar-refractivity contribution is 0.660. The van der Waals surface area contributed by atoms with Crippen molar-refractivity contribution in [2.75, 3.05) is 4.90 Å². The Morgan fingerprint density at radius 2 is 0.855 bits per heavy atom. The summed E-state index contributed by atoms with van der Waals surface area (Å²) in [6.07, 6.45) is 0. The van der Waals surface area contributed by atoms with Crippen molar-refractivity contribution in [3.05, 3.63) is 222 Å². The van der Waals surface area contributed by atoms with E-state index in [-0.39, 0.29) is 10.8 Å². The van der Waals surface area contributed by atoms with E-state index in [4.69, 9.17) is 4.42 Å². The molecule has 0 unspecified atom stereocenters. The number of fused-ring (bicyclic) bond motifs is 9.